The molecule has 0 saturated heterocycles. The van der Waals surface area contributed by atoms with Crippen LogP contribution in [-0.2, 0) is 11.3 Å². The van der Waals surface area contributed by atoms with Crippen molar-refractivity contribution in [1.29, 1.82) is 0 Å². The van der Waals surface area contributed by atoms with Crippen LogP contribution in [0.3, 0.4) is 0 Å². The Kier molecular flexibility index (Phi) is 7.46. The molecule has 0 heterocycles. The highest BCUT2D eigenvalue weighted by molar-refractivity contribution is 5.27. The Labute approximate surface area is 110 Å². The summed E-state index contributed by atoms with van der Waals surface area (Å²) >= 11 is 0. The van der Waals surface area contributed by atoms with E-state index in [0.29, 0.717) is 12.6 Å². The van der Waals surface area contributed by atoms with Gasteiger partial charge in [0.25, 0.3) is 0 Å². The molecule has 0 bridgehead atoms. The van der Waals surface area contributed by atoms with Gasteiger partial charge in [0.2, 0.25) is 0 Å². The largest absolute Gasteiger partial charge is 0.494 e. The summed E-state index contributed by atoms with van der Waals surface area (Å²) in [7, 11) is 0. The molecular weight excluding hydrogens is 226 g/mol. The van der Waals surface area contributed by atoms with Crippen LogP contribution in [-0.4, -0.2) is 25.9 Å². The van der Waals surface area contributed by atoms with Crippen LogP contribution < -0.4 is 10.1 Å². The van der Waals surface area contributed by atoms with Gasteiger partial charge in [0.05, 0.1) is 6.61 Å². The van der Waals surface area contributed by atoms with Crippen molar-refractivity contribution in [2.45, 2.75) is 39.8 Å². The van der Waals surface area contributed by atoms with Gasteiger partial charge < -0.3 is 14.8 Å². The molecule has 102 valence electrons. The van der Waals surface area contributed by atoms with Gasteiger partial charge in [0.1, 0.15) is 5.75 Å². The molecule has 0 atom stereocenters. The van der Waals surface area contributed by atoms with Crippen LogP contribution >= 0.6 is 0 Å². The molecule has 0 saturated carbocycles. The fourth-order valence-corrected chi connectivity index (χ4v) is 1.52. The van der Waals surface area contributed by atoms with Crippen LogP contribution in [0.2, 0.25) is 0 Å². The van der Waals surface area contributed by atoms with E-state index in [1.54, 1.807) is 0 Å². The van der Waals surface area contributed by atoms with Crippen molar-refractivity contribution in [3.8, 4) is 5.75 Å². The highest BCUT2D eigenvalue weighted by Gasteiger charge is 1.97. The number of ether oxygens (including phenoxy) is 2. The summed E-state index contributed by atoms with van der Waals surface area (Å²) in [4.78, 5) is 0. The molecule has 1 aromatic carbocycles. The van der Waals surface area contributed by atoms with E-state index in [1.165, 1.54) is 5.56 Å². The second-order valence-electron chi connectivity index (χ2n) is 4.58. The Hall–Kier alpha value is -1.06. The second-order valence-corrected chi connectivity index (χ2v) is 4.58. The number of rotatable bonds is 9. The highest BCUT2D eigenvalue weighted by atomic mass is 16.5. The maximum atomic E-state index is 5.63. The third kappa shape index (κ3) is 6.62. The van der Waals surface area contributed by atoms with Crippen LogP contribution in [0.5, 0.6) is 5.75 Å². The van der Waals surface area contributed by atoms with E-state index in [0.717, 1.165) is 31.9 Å². The predicted octanol–water partition coefficient (Wildman–Crippen LogP) is 2.99. The molecule has 0 fully saturated rings. The summed E-state index contributed by atoms with van der Waals surface area (Å²) in [6, 6.07) is 8.77. The summed E-state index contributed by atoms with van der Waals surface area (Å²) in [5, 5.41) is 3.39. The molecule has 0 aromatic heterocycles. The SMILES string of the molecule is CCOCCCOc1ccc(CNC(C)C)cc1. The van der Waals surface area contributed by atoms with E-state index >= 15 is 0 Å². The first-order valence-electron chi connectivity index (χ1n) is 6.75. The highest BCUT2D eigenvalue weighted by Crippen LogP contribution is 2.12. The van der Waals surface area contributed by atoms with Crippen LogP contribution in [0.15, 0.2) is 24.3 Å². The van der Waals surface area contributed by atoms with Gasteiger partial charge in [0.15, 0.2) is 0 Å². The Balaban J connectivity index is 2.23. The molecule has 18 heavy (non-hydrogen) atoms. The Morgan fingerprint density at radius 3 is 2.44 bits per heavy atom. The van der Waals surface area contributed by atoms with E-state index in [2.05, 4.69) is 31.3 Å². The fourth-order valence-electron chi connectivity index (χ4n) is 1.52. The molecule has 1 aromatic rings. The quantitative estimate of drug-likeness (QED) is 0.684. The van der Waals surface area contributed by atoms with Gasteiger partial charge in [-0.3, -0.25) is 0 Å². The minimum absolute atomic E-state index is 0.513. The van der Waals surface area contributed by atoms with E-state index in [1.807, 2.05) is 19.1 Å². The lowest BCUT2D eigenvalue weighted by atomic mass is 10.2. The average Bonchev–Trinajstić information content (AvgIpc) is 2.37. The zero-order chi connectivity index (χ0) is 13.2. The molecule has 1 rings (SSSR count). The molecule has 0 aliphatic rings. The van der Waals surface area contributed by atoms with Crippen molar-refractivity contribution in [3.63, 3.8) is 0 Å². The van der Waals surface area contributed by atoms with Crippen molar-refractivity contribution in [1.82, 2.24) is 5.32 Å². The molecule has 0 aliphatic heterocycles. The van der Waals surface area contributed by atoms with Crippen LogP contribution in [0.4, 0.5) is 0 Å². The normalized spacial score (nSPS) is 10.9. The number of nitrogens with one attached hydrogen (secondary N) is 1. The molecule has 0 radical (unpaired) electrons. The van der Waals surface area contributed by atoms with Gasteiger partial charge in [-0.25, -0.2) is 0 Å². The summed E-state index contributed by atoms with van der Waals surface area (Å²) in [6.07, 6.45) is 0.935. The summed E-state index contributed by atoms with van der Waals surface area (Å²) < 4.78 is 10.9. The Morgan fingerprint density at radius 2 is 1.83 bits per heavy atom. The van der Waals surface area contributed by atoms with E-state index in [4.69, 9.17) is 9.47 Å². The second kappa shape index (κ2) is 8.95. The molecule has 0 unspecified atom stereocenters. The van der Waals surface area contributed by atoms with Crippen LogP contribution in [0, 0.1) is 0 Å². The average molecular weight is 251 g/mol. The first-order chi connectivity index (χ1) is 8.72. The lowest BCUT2D eigenvalue weighted by Gasteiger charge is -2.09. The Bertz CT molecular complexity index is 309. The summed E-state index contributed by atoms with van der Waals surface area (Å²) in [6.45, 7) is 9.47. The molecule has 0 amide bonds. The van der Waals surface area contributed by atoms with E-state index in [9.17, 15) is 0 Å². The zero-order valence-electron chi connectivity index (χ0n) is 11.7. The first kappa shape index (κ1) is 15.0. The number of benzene rings is 1. The van der Waals surface area contributed by atoms with Gasteiger partial charge >= 0.3 is 0 Å². The van der Waals surface area contributed by atoms with Gasteiger partial charge in [-0.15, -0.1) is 0 Å². The molecule has 0 spiro atoms. The van der Waals surface area contributed by atoms with Gasteiger partial charge in [0, 0.05) is 32.2 Å². The molecule has 0 aliphatic carbocycles. The summed E-state index contributed by atoms with van der Waals surface area (Å²) in [5.41, 5.74) is 1.28. The minimum atomic E-state index is 0.513. The Morgan fingerprint density at radius 1 is 1.11 bits per heavy atom. The van der Waals surface area contributed by atoms with Gasteiger partial charge in [-0.05, 0) is 24.6 Å². The van der Waals surface area contributed by atoms with E-state index in [-0.39, 0.29) is 0 Å². The molecule has 3 nitrogen and oxygen atoms in total. The standard InChI is InChI=1S/C15H25NO2/c1-4-17-10-5-11-18-15-8-6-14(7-9-15)12-16-13(2)3/h6-9,13,16H,4-5,10-12H2,1-3H3. The van der Waals surface area contributed by atoms with E-state index < -0.39 is 0 Å². The van der Waals surface area contributed by atoms with Crippen molar-refractivity contribution < 1.29 is 9.47 Å². The summed E-state index contributed by atoms with van der Waals surface area (Å²) in [5.74, 6) is 0.930. The van der Waals surface area contributed by atoms with Crippen molar-refractivity contribution in [2.75, 3.05) is 19.8 Å². The third-order valence-electron chi connectivity index (χ3n) is 2.54. The zero-order valence-corrected chi connectivity index (χ0v) is 11.7. The monoisotopic (exact) mass is 251 g/mol. The fraction of sp³-hybridized carbons (Fsp3) is 0.600. The first-order valence-corrected chi connectivity index (χ1v) is 6.75. The predicted molar refractivity (Wildman–Crippen MR) is 75.0 cm³/mol. The lowest BCUT2D eigenvalue weighted by molar-refractivity contribution is 0.131. The van der Waals surface area contributed by atoms with Crippen LogP contribution in [0.1, 0.15) is 32.8 Å². The number of hydrogen-bond donors (Lipinski definition) is 1. The maximum Gasteiger partial charge on any atom is 0.119 e. The molecule has 1 N–H and O–H groups in total. The third-order valence-corrected chi connectivity index (χ3v) is 2.54. The maximum absolute atomic E-state index is 5.63. The van der Waals surface area contributed by atoms with Crippen molar-refractivity contribution in [3.05, 3.63) is 29.8 Å². The molecule has 3 heteroatoms. The lowest BCUT2D eigenvalue weighted by Crippen LogP contribution is -2.21. The molecular formula is C15H25NO2. The topological polar surface area (TPSA) is 30.5 Å². The van der Waals surface area contributed by atoms with Crippen molar-refractivity contribution in [2.24, 2.45) is 0 Å². The van der Waals surface area contributed by atoms with Gasteiger partial charge in [-0.2, -0.15) is 0 Å². The minimum Gasteiger partial charge on any atom is -0.494 e. The van der Waals surface area contributed by atoms with Crippen molar-refractivity contribution >= 4 is 0 Å². The smallest absolute Gasteiger partial charge is 0.119 e. The number of hydrogen-bond acceptors (Lipinski definition) is 3. The van der Waals surface area contributed by atoms with Crippen LogP contribution in [0.25, 0.3) is 0 Å². The van der Waals surface area contributed by atoms with Gasteiger partial charge in [-0.1, -0.05) is 26.0 Å².